The molecule has 0 aromatic rings. The highest BCUT2D eigenvalue weighted by molar-refractivity contribution is 5.84. The van der Waals surface area contributed by atoms with Crippen LogP contribution >= 0.6 is 0 Å². The zero-order chi connectivity index (χ0) is 18.7. The van der Waals surface area contributed by atoms with Crippen molar-refractivity contribution in [3.63, 3.8) is 0 Å². The Morgan fingerprint density at radius 1 is 1.28 bits per heavy atom. The van der Waals surface area contributed by atoms with E-state index in [0.29, 0.717) is 25.7 Å². The molecule has 0 aromatic heterocycles. The lowest BCUT2D eigenvalue weighted by Gasteiger charge is -2.16. The van der Waals surface area contributed by atoms with Gasteiger partial charge in [0.05, 0.1) is 12.2 Å². The monoisotopic (exact) mass is 350 g/mol. The summed E-state index contributed by atoms with van der Waals surface area (Å²) < 4.78 is 0. The van der Waals surface area contributed by atoms with Gasteiger partial charge in [-0.1, -0.05) is 43.4 Å². The molecule has 0 amide bonds. The molecule has 0 spiro atoms. The Morgan fingerprint density at radius 2 is 2.04 bits per heavy atom. The van der Waals surface area contributed by atoms with Crippen molar-refractivity contribution < 1.29 is 24.9 Å². The number of carboxylic acid groups (broad SMARTS) is 1. The van der Waals surface area contributed by atoms with Gasteiger partial charge >= 0.3 is 5.97 Å². The van der Waals surface area contributed by atoms with Gasteiger partial charge in [-0.3, -0.25) is 9.59 Å². The van der Waals surface area contributed by atoms with Crippen molar-refractivity contribution in [2.24, 2.45) is 11.8 Å². The van der Waals surface area contributed by atoms with Crippen LogP contribution in [0.15, 0.2) is 36.5 Å². The fourth-order valence-corrected chi connectivity index (χ4v) is 3.00. The number of aliphatic hydroxyl groups excluding tert-OH is 2. The van der Waals surface area contributed by atoms with Crippen LogP contribution in [0.2, 0.25) is 0 Å². The molecule has 4 atom stereocenters. The Bertz CT molecular complexity index is 506. The number of Topliss-reactive ketones (excluding diaryl/α,β-unsaturated/α-hetero) is 1. The molecule has 3 N–H and O–H groups in total. The van der Waals surface area contributed by atoms with E-state index in [9.17, 15) is 19.8 Å². The average molecular weight is 350 g/mol. The van der Waals surface area contributed by atoms with Crippen molar-refractivity contribution in [1.29, 1.82) is 0 Å². The minimum absolute atomic E-state index is 0.0395. The molecule has 0 saturated heterocycles. The van der Waals surface area contributed by atoms with Crippen LogP contribution in [0, 0.1) is 11.8 Å². The van der Waals surface area contributed by atoms with Crippen LogP contribution in [0.3, 0.4) is 0 Å². The summed E-state index contributed by atoms with van der Waals surface area (Å²) in [5, 5.41) is 28.6. The highest BCUT2D eigenvalue weighted by Crippen LogP contribution is 2.33. The molecule has 1 aliphatic rings. The summed E-state index contributed by atoms with van der Waals surface area (Å²) in [6.07, 6.45) is 13.3. The number of carboxylic acids is 1. The van der Waals surface area contributed by atoms with Gasteiger partial charge < -0.3 is 15.3 Å². The molecule has 0 aliphatic heterocycles. The van der Waals surface area contributed by atoms with Crippen molar-refractivity contribution in [1.82, 2.24) is 0 Å². The lowest BCUT2D eigenvalue weighted by atomic mass is 9.90. The van der Waals surface area contributed by atoms with E-state index < -0.39 is 18.2 Å². The van der Waals surface area contributed by atoms with E-state index >= 15 is 0 Å². The Balaban J connectivity index is 2.52. The molecular formula is C20H30O5. The molecule has 5 heteroatoms. The molecular weight excluding hydrogens is 320 g/mol. The molecule has 1 saturated carbocycles. The number of carbonyl (C=O) groups is 2. The predicted molar refractivity (Wildman–Crippen MR) is 97.0 cm³/mol. The Morgan fingerprint density at radius 3 is 2.72 bits per heavy atom. The summed E-state index contributed by atoms with van der Waals surface area (Å²) in [5.74, 6) is -1.32. The molecule has 0 aromatic carbocycles. The van der Waals surface area contributed by atoms with Gasteiger partial charge in [-0.25, -0.2) is 0 Å². The van der Waals surface area contributed by atoms with Gasteiger partial charge in [-0.15, -0.1) is 0 Å². The normalized spacial score (nSPS) is 25.6. The quantitative estimate of drug-likeness (QED) is 0.393. The first-order valence-electron chi connectivity index (χ1n) is 9.04. The van der Waals surface area contributed by atoms with E-state index in [4.69, 9.17) is 5.11 Å². The number of allylic oxidation sites excluding steroid dienone is 3. The molecule has 0 heterocycles. The number of ketones is 1. The van der Waals surface area contributed by atoms with E-state index in [1.807, 2.05) is 31.2 Å². The standard InChI is InChI=1S/C20H30O5/c1-2-3-6-9-15(21)12-13-17-16(18(22)14-19(17)23)10-7-4-5-8-11-20(24)25/h3-4,6-7,12-13,15-17,19,21,23H,2,5,8-11,14H2,1H3,(H,24,25)/b6-3-,7-4-,13-12+/t15-,16?,17+,19+/m0/s1. The summed E-state index contributed by atoms with van der Waals surface area (Å²) in [7, 11) is 0. The van der Waals surface area contributed by atoms with Gasteiger partial charge in [0.1, 0.15) is 5.78 Å². The first-order chi connectivity index (χ1) is 12.0. The second-order valence-corrected chi connectivity index (χ2v) is 6.48. The zero-order valence-electron chi connectivity index (χ0n) is 14.9. The van der Waals surface area contributed by atoms with E-state index in [-0.39, 0.29) is 30.5 Å². The lowest BCUT2D eigenvalue weighted by molar-refractivity contribution is -0.137. The van der Waals surface area contributed by atoms with Gasteiger partial charge in [0.25, 0.3) is 0 Å². The average Bonchev–Trinajstić information content (AvgIpc) is 2.82. The highest BCUT2D eigenvalue weighted by Gasteiger charge is 2.39. The summed E-state index contributed by atoms with van der Waals surface area (Å²) in [4.78, 5) is 22.5. The van der Waals surface area contributed by atoms with Crippen molar-refractivity contribution in [3.05, 3.63) is 36.5 Å². The van der Waals surface area contributed by atoms with Crippen LogP contribution < -0.4 is 0 Å². The highest BCUT2D eigenvalue weighted by atomic mass is 16.4. The molecule has 0 bridgehead atoms. The van der Waals surface area contributed by atoms with Gasteiger partial charge in [-0.05, 0) is 32.1 Å². The van der Waals surface area contributed by atoms with Crippen LogP contribution in [-0.2, 0) is 9.59 Å². The van der Waals surface area contributed by atoms with E-state index in [1.165, 1.54) is 0 Å². The Labute approximate surface area is 149 Å². The fourth-order valence-electron chi connectivity index (χ4n) is 3.00. The first kappa shape index (κ1) is 21.3. The Hall–Kier alpha value is -1.72. The number of rotatable bonds is 11. The first-order valence-corrected chi connectivity index (χ1v) is 9.04. The van der Waals surface area contributed by atoms with Crippen molar-refractivity contribution in [2.75, 3.05) is 0 Å². The number of unbranched alkanes of at least 4 members (excludes halogenated alkanes) is 1. The van der Waals surface area contributed by atoms with Crippen LogP contribution in [0.5, 0.6) is 0 Å². The molecule has 0 radical (unpaired) electrons. The lowest BCUT2D eigenvalue weighted by Crippen LogP contribution is -2.18. The van der Waals surface area contributed by atoms with Crippen molar-refractivity contribution in [3.8, 4) is 0 Å². The van der Waals surface area contributed by atoms with Crippen LogP contribution in [0.25, 0.3) is 0 Å². The summed E-state index contributed by atoms with van der Waals surface area (Å²) in [6, 6.07) is 0. The van der Waals surface area contributed by atoms with E-state index in [1.54, 1.807) is 12.2 Å². The minimum Gasteiger partial charge on any atom is -0.481 e. The van der Waals surface area contributed by atoms with Crippen LogP contribution in [-0.4, -0.2) is 39.3 Å². The maximum Gasteiger partial charge on any atom is 0.303 e. The van der Waals surface area contributed by atoms with Gasteiger partial charge in [0, 0.05) is 24.7 Å². The SMILES string of the molecule is CC/C=C\C[C@H](O)/C=C/[C@@H]1C(C/C=C\CCCC(=O)O)C(=O)C[C@H]1O. The summed E-state index contributed by atoms with van der Waals surface area (Å²) in [6.45, 7) is 2.03. The number of hydrogen-bond donors (Lipinski definition) is 3. The topological polar surface area (TPSA) is 94.8 Å². The predicted octanol–water partition coefficient (Wildman–Crippen LogP) is 3.03. The molecule has 25 heavy (non-hydrogen) atoms. The van der Waals surface area contributed by atoms with Crippen molar-refractivity contribution >= 4 is 11.8 Å². The third-order valence-corrected chi connectivity index (χ3v) is 4.39. The maximum atomic E-state index is 12.1. The summed E-state index contributed by atoms with van der Waals surface area (Å²) in [5.41, 5.74) is 0. The largest absolute Gasteiger partial charge is 0.481 e. The van der Waals surface area contributed by atoms with E-state index in [0.717, 1.165) is 6.42 Å². The number of carbonyl (C=O) groups excluding carboxylic acids is 1. The number of aliphatic carboxylic acids is 1. The van der Waals surface area contributed by atoms with Crippen molar-refractivity contribution in [2.45, 2.75) is 64.1 Å². The molecule has 1 unspecified atom stereocenters. The molecule has 1 aliphatic carbocycles. The second kappa shape index (κ2) is 11.8. The number of aliphatic hydroxyl groups is 2. The van der Waals surface area contributed by atoms with Gasteiger partial charge in [0.2, 0.25) is 0 Å². The van der Waals surface area contributed by atoms with Gasteiger partial charge in [-0.2, -0.15) is 0 Å². The third kappa shape index (κ3) is 8.27. The smallest absolute Gasteiger partial charge is 0.303 e. The number of hydrogen-bond acceptors (Lipinski definition) is 4. The molecule has 140 valence electrons. The zero-order valence-corrected chi connectivity index (χ0v) is 14.9. The van der Waals surface area contributed by atoms with E-state index in [2.05, 4.69) is 0 Å². The minimum atomic E-state index is -0.806. The Kier molecular flexibility index (Phi) is 10.0. The van der Waals surface area contributed by atoms with Crippen LogP contribution in [0.1, 0.15) is 51.9 Å². The molecule has 1 rings (SSSR count). The molecule has 1 fully saturated rings. The second-order valence-electron chi connectivity index (χ2n) is 6.48. The third-order valence-electron chi connectivity index (χ3n) is 4.39. The fraction of sp³-hybridized carbons (Fsp3) is 0.600. The van der Waals surface area contributed by atoms with Crippen LogP contribution in [0.4, 0.5) is 0 Å². The summed E-state index contributed by atoms with van der Waals surface area (Å²) >= 11 is 0. The maximum absolute atomic E-state index is 12.1. The molecule has 5 nitrogen and oxygen atoms in total. The van der Waals surface area contributed by atoms with Gasteiger partial charge in [0.15, 0.2) is 0 Å².